The van der Waals surface area contributed by atoms with Crippen molar-refractivity contribution >= 4 is 29.7 Å². The summed E-state index contributed by atoms with van der Waals surface area (Å²) in [6.07, 6.45) is -4.99. The van der Waals surface area contributed by atoms with Crippen LogP contribution < -0.4 is 0 Å². The van der Waals surface area contributed by atoms with Crippen molar-refractivity contribution < 1.29 is 62.6 Å². The second-order valence-electron chi connectivity index (χ2n) is 16.5. The van der Waals surface area contributed by atoms with E-state index in [1.165, 1.54) is 27.7 Å². The van der Waals surface area contributed by atoms with Crippen LogP contribution in [0.15, 0.2) is 0 Å². The molecule has 13 nitrogen and oxygen atoms in total. The molecule has 0 amide bonds. The number of fused-ring (bicyclic) bond motifs is 9. The number of hydrogen-bond donors (Lipinski definition) is 2. The Morgan fingerprint density at radius 1 is 0.851 bits per heavy atom. The third kappa shape index (κ3) is 3.42. The minimum atomic E-state index is -2.08. The van der Waals surface area contributed by atoms with Gasteiger partial charge in [0.1, 0.15) is 36.3 Å². The van der Waals surface area contributed by atoms with Gasteiger partial charge in [-0.15, -0.1) is 0 Å². The molecule has 47 heavy (non-hydrogen) atoms. The number of hydrogen-bond acceptors (Lipinski definition) is 13. The zero-order valence-corrected chi connectivity index (χ0v) is 27.9. The molecule has 5 aliphatic carbocycles. The summed E-state index contributed by atoms with van der Waals surface area (Å²) in [5.74, 6) is -9.11. The van der Waals surface area contributed by atoms with Crippen LogP contribution in [0.3, 0.4) is 0 Å². The van der Waals surface area contributed by atoms with Crippen LogP contribution in [0.5, 0.6) is 0 Å². The standard InChI is InChI=1S/C34H44O13/c1-11-19-22(32(7)33(8,41)29(40)47-34(32)27(11)46-34)24(42-12(2)35)20-18-16(38)9-15-10-17-23(45-17)26(39)30(15,5)21(18)25(43-13(3)36)28(31(19,20)6)44-14(4)37/h11,15,17-28,39,41H,9-10H2,1-8H3/t11-,15-,17-,18?,19-,20+,21?,22-,23-,24+,25-,26-,27+,28-,30-,31+,32-,33+,34-/m0/s1. The van der Waals surface area contributed by atoms with Gasteiger partial charge in [0.2, 0.25) is 5.79 Å². The highest BCUT2D eigenvalue weighted by atomic mass is 16.8. The van der Waals surface area contributed by atoms with Gasteiger partial charge >= 0.3 is 23.9 Å². The average molecular weight is 661 g/mol. The number of ketones is 1. The summed E-state index contributed by atoms with van der Waals surface area (Å²) >= 11 is 0. The molecule has 2 N–H and O–H groups in total. The van der Waals surface area contributed by atoms with Crippen molar-refractivity contribution in [3.63, 3.8) is 0 Å². The van der Waals surface area contributed by atoms with E-state index in [9.17, 15) is 34.2 Å². The van der Waals surface area contributed by atoms with Crippen LogP contribution in [0.4, 0.5) is 0 Å². The number of epoxide rings is 2. The molecule has 258 valence electrons. The summed E-state index contributed by atoms with van der Waals surface area (Å²) in [5, 5.41) is 23.9. The molecule has 0 radical (unpaired) electrons. The Morgan fingerprint density at radius 2 is 1.45 bits per heavy atom. The zero-order valence-electron chi connectivity index (χ0n) is 27.9. The third-order valence-corrected chi connectivity index (χ3v) is 14.7. The van der Waals surface area contributed by atoms with Crippen molar-refractivity contribution in [1.29, 1.82) is 0 Å². The molecule has 3 heterocycles. The average Bonchev–Trinajstić information content (AvgIpc) is 3.86. The maximum absolute atomic E-state index is 14.7. The van der Waals surface area contributed by atoms with Gasteiger partial charge in [-0.3, -0.25) is 19.2 Å². The van der Waals surface area contributed by atoms with E-state index < -0.39 is 124 Å². The zero-order chi connectivity index (χ0) is 34.1. The molecule has 13 heteroatoms. The molecule has 19 atom stereocenters. The SMILES string of the molecule is CC(=O)O[C@H]1[C@@H]2[C@H]([C@H](C)[C@H]3O[C@]34OC(=O)[C@@](C)(O)[C@]24C)[C@]2(C)[C@@H]1C1C(=O)C[C@H]3C[C@@H]4O[C@@H]4[C@H](O)[C@]3(C)C1[C@H](OC(C)=O)[C@@H]2OC(C)=O. The molecule has 8 rings (SSSR count). The summed E-state index contributed by atoms with van der Waals surface area (Å²) in [7, 11) is 0. The first-order valence-corrected chi connectivity index (χ1v) is 16.8. The Kier molecular flexibility index (Phi) is 6.15. The fourth-order valence-corrected chi connectivity index (χ4v) is 12.7. The predicted molar refractivity (Wildman–Crippen MR) is 154 cm³/mol. The van der Waals surface area contributed by atoms with Crippen molar-refractivity contribution in [1.82, 2.24) is 0 Å². The van der Waals surface area contributed by atoms with Crippen LogP contribution in [0.25, 0.3) is 0 Å². The molecule has 8 fully saturated rings. The minimum absolute atomic E-state index is 0.128. The van der Waals surface area contributed by atoms with Gasteiger partial charge in [0.25, 0.3) is 0 Å². The van der Waals surface area contributed by atoms with Crippen LogP contribution in [0, 0.1) is 57.7 Å². The lowest BCUT2D eigenvalue weighted by molar-refractivity contribution is -0.257. The largest absolute Gasteiger partial charge is 0.462 e. The van der Waals surface area contributed by atoms with E-state index >= 15 is 0 Å². The summed E-state index contributed by atoms with van der Waals surface area (Å²) in [6, 6.07) is 0. The molecular weight excluding hydrogens is 616 g/mol. The Morgan fingerprint density at radius 3 is 2.06 bits per heavy atom. The van der Waals surface area contributed by atoms with Crippen molar-refractivity contribution in [2.75, 3.05) is 0 Å². The lowest BCUT2D eigenvalue weighted by Crippen LogP contribution is -2.72. The van der Waals surface area contributed by atoms with Crippen LogP contribution in [-0.4, -0.2) is 94.0 Å². The molecule has 0 aromatic rings. The van der Waals surface area contributed by atoms with Gasteiger partial charge in [-0.05, 0) is 38.0 Å². The molecule has 3 aliphatic heterocycles. The van der Waals surface area contributed by atoms with Gasteiger partial charge in [0, 0.05) is 61.7 Å². The number of aliphatic hydroxyl groups is 2. The number of Topliss-reactive ketones (excluding diaryl/α,β-unsaturated/α-hetero) is 1. The summed E-state index contributed by atoms with van der Waals surface area (Å²) in [5.41, 5.74) is -5.76. The summed E-state index contributed by atoms with van der Waals surface area (Å²) in [4.78, 5) is 67.1. The van der Waals surface area contributed by atoms with E-state index in [-0.39, 0.29) is 24.2 Å². The molecule has 0 bridgehead atoms. The van der Waals surface area contributed by atoms with E-state index in [1.807, 2.05) is 20.8 Å². The normalized spacial score (nSPS) is 59.0. The summed E-state index contributed by atoms with van der Waals surface area (Å²) < 4.78 is 36.6. The van der Waals surface area contributed by atoms with Crippen molar-refractivity contribution in [2.24, 2.45) is 57.7 Å². The Bertz CT molecular complexity index is 1510. The van der Waals surface area contributed by atoms with Crippen molar-refractivity contribution in [2.45, 2.75) is 122 Å². The molecular formula is C34H44O13. The lowest BCUT2D eigenvalue weighted by Gasteiger charge is -2.64. The fraction of sp³-hybridized carbons (Fsp3) is 0.853. The molecule has 3 saturated heterocycles. The van der Waals surface area contributed by atoms with Gasteiger partial charge in [-0.25, -0.2) is 4.79 Å². The quantitative estimate of drug-likeness (QED) is 0.249. The smallest absolute Gasteiger partial charge is 0.341 e. The molecule has 2 unspecified atom stereocenters. The van der Waals surface area contributed by atoms with E-state index in [0.29, 0.717) is 6.42 Å². The molecule has 0 aromatic carbocycles. The Balaban J connectivity index is 1.40. The van der Waals surface area contributed by atoms with Crippen LogP contribution in [-0.2, 0) is 52.4 Å². The predicted octanol–water partition coefficient (Wildman–Crippen LogP) is 1.08. The molecule has 1 spiro atoms. The molecule has 0 aromatic heterocycles. The Labute approximate surface area is 272 Å². The number of aliphatic hydroxyl groups excluding tert-OH is 1. The first kappa shape index (κ1) is 31.6. The fourth-order valence-electron chi connectivity index (χ4n) is 12.7. The minimum Gasteiger partial charge on any atom is -0.462 e. The van der Waals surface area contributed by atoms with E-state index in [2.05, 4.69) is 0 Å². The Hall–Kier alpha value is -2.61. The van der Waals surface area contributed by atoms with Gasteiger partial charge < -0.3 is 38.6 Å². The number of ether oxygens (including phenoxy) is 6. The highest BCUT2D eigenvalue weighted by molar-refractivity contribution is 5.86. The first-order valence-electron chi connectivity index (χ1n) is 16.8. The molecule has 5 saturated carbocycles. The maximum Gasteiger partial charge on any atom is 0.341 e. The second-order valence-corrected chi connectivity index (χ2v) is 16.5. The van der Waals surface area contributed by atoms with Crippen molar-refractivity contribution in [3.8, 4) is 0 Å². The van der Waals surface area contributed by atoms with E-state index in [0.717, 1.165) is 0 Å². The van der Waals surface area contributed by atoms with Crippen LogP contribution in [0.2, 0.25) is 0 Å². The highest BCUT2D eigenvalue weighted by Gasteiger charge is 2.93. The monoisotopic (exact) mass is 660 g/mol. The van der Waals surface area contributed by atoms with Crippen LogP contribution in [0.1, 0.15) is 68.2 Å². The molecule has 8 aliphatic rings. The van der Waals surface area contributed by atoms with Crippen molar-refractivity contribution in [3.05, 3.63) is 0 Å². The van der Waals surface area contributed by atoms with Gasteiger partial charge in [0.15, 0.2) is 5.60 Å². The number of rotatable bonds is 3. The van der Waals surface area contributed by atoms with E-state index in [4.69, 9.17) is 28.4 Å². The summed E-state index contributed by atoms with van der Waals surface area (Å²) in [6.45, 7) is 12.5. The van der Waals surface area contributed by atoms with Gasteiger partial charge in [-0.1, -0.05) is 20.8 Å². The van der Waals surface area contributed by atoms with Crippen LogP contribution >= 0.6 is 0 Å². The van der Waals surface area contributed by atoms with E-state index in [1.54, 1.807) is 6.92 Å². The topological polar surface area (TPSA) is 188 Å². The maximum atomic E-state index is 14.7. The first-order chi connectivity index (χ1) is 21.8. The second kappa shape index (κ2) is 9.13. The highest BCUT2D eigenvalue weighted by Crippen LogP contribution is 2.81. The number of esters is 4. The lowest BCUT2D eigenvalue weighted by atomic mass is 9.41. The number of carbonyl (C=O) groups is 5. The van der Waals surface area contributed by atoms with Gasteiger partial charge in [-0.2, -0.15) is 0 Å². The number of carbonyl (C=O) groups excluding carboxylic acids is 5. The van der Waals surface area contributed by atoms with Gasteiger partial charge in [0.05, 0.1) is 17.6 Å². The third-order valence-electron chi connectivity index (χ3n) is 14.7.